The normalized spacial score (nSPS) is 18.4. The molecule has 0 aliphatic carbocycles. The number of ether oxygens (including phenoxy) is 1. The molecule has 1 aromatic carbocycles. The van der Waals surface area contributed by atoms with Crippen molar-refractivity contribution in [2.45, 2.75) is 25.8 Å². The quantitative estimate of drug-likeness (QED) is 0.474. The molecule has 0 saturated carbocycles. The van der Waals surface area contributed by atoms with Crippen LogP contribution >= 0.6 is 0 Å². The Morgan fingerprint density at radius 3 is 2.89 bits per heavy atom. The number of hydrogen-bond donors (Lipinski definition) is 0. The first-order valence-electron chi connectivity index (χ1n) is 6.14. The molecule has 1 fully saturated rings. The van der Waals surface area contributed by atoms with Crippen molar-refractivity contribution >= 4 is 17.3 Å². The summed E-state index contributed by atoms with van der Waals surface area (Å²) in [6.07, 6.45) is 1.59. The van der Waals surface area contributed by atoms with Gasteiger partial charge in [0.1, 0.15) is 6.04 Å². The molecule has 102 valence electrons. The molecule has 1 atom stereocenters. The first-order chi connectivity index (χ1) is 9.06. The third-order valence-corrected chi connectivity index (χ3v) is 3.51. The summed E-state index contributed by atoms with van der Waals surface area (Å²) >= 11 is 0. The summed E-state index contributed by atoms with van der Waals surface area (Å²) in [7, 11) is 1.36. The van der Waals surface area contributed by atoms with E-state index in [-0.39, 0.29) is 17.7 Å². The largest absolute Gasteiger partial charge is 0.467 e. The Morgan fingerprint density at radius 1 is 1.53 bits per heavy atom. The summed E-state index contributed by atoms with van der Waals surface area (Å²) in [4.78, 5) is 24.2. The second kappa shape index (κ2) is 5.26. The second-order valence-corrected chi connectivity index (χ2v) is 4.55. The number of carbonyl (C=O) groups is 1. The van der Waals surface area contributed by atoms with Gasteiger partial charge in [0.25, 0.3) is 5.69 Å². The van der Waals surface area contributed by atoms with Crippen LogP contribution in [0.1, 0.15) is 18.4 Å². The molecule has 0 bridgehead atoms. The number of carbonyl (C=O) groups excluding carboxylic acids is 1. The summed E-state index contributed by atoms with van der Waals surface area (Å²) in [5, 5.41) is 11.0. The summed E-state index contributed by atoms with van der Waals surface area (Å²) in [5.41, 5.74) is 1.40. The fourth-order valence-corrected chi connectivity index (χ4v) is 2.56. The lowest BCUT2D eigenvalue weighted by atomic mass is 10.1. The number of nitrogens with zero attached hydrogens (tertiary/aromatic N) is 2. The van der Waals surface area contributed by atoms with Crippen molar-refractivity contribution in [2.75, 3.05) is 18.6 Å². The molecule has 0 amide bonds. The summed E-state index contributed by atoms with van der Waals surface area (Å²) in [6.45, 7) is 2.42. The van der Waals surface area contributed by atoms with Crippen LogP contribution in [-0.4, -0.2) is 30.6 Å². The molecule has 0 N–H and O–H groups in total. The van der Waals surface area contributed by atoms with Gasteiger partial charge in [-0.15, -0.1) is 0 Å². The molecule has 6 heteroatoms. The van der Waals surface area contributed by atoms with Gasteiger partial charge in [-0.25, -0.2) is 4.79 Å². The van der Waals surface area contributed by atoms with Gasteiger partial charge in [-0.05, 0) is 25.8 Å². The Hall–Kier alpha value is -2.11. The number of esters is 1. The summed E-state index contributed by atoms with van der Waals surface area (Å²) in [5.74, 6) is -0.289. The van der Waals surface area contributed by atoms with Crippen LogP contribution < -0.4 is 4.90 Å². The SMILES string of the molecule is COC(=O)C1CCCN1c1cccc([N+](=O)[O-])c1C. The van der Waals surface area contributed by atoms with Crippen molar-refractivity contribution < 1.29 is 14.5 Å². The van der Waals surface area contributed by atoms with Crippen LogP contribution in [0.15, 0.2) is 18.2 Å². The number of rotatable bonds is 3. The monoisotopic (exact) mass is 264 g/mol. The minimum absolute atomic E-state index is 0.0769. The van der Waals surface area contributed by atoms with Crippen LogP contribution in [0.3, 0.4) is 0 Å². The zero-order chi connectivity index (χ0) is 14.0. The molecule has 0 aromatic heterocycles. The number of hydrogen-bond acceptors (Lipinski definition) is 5. The predicted molar refractivity (Wildman–Crippen MR) is 70.2 cm³/mol. The number of benzene rings is 1. The van der Waals surface area contributed by atoms with Gasteiger partial charge >= 0.3 is 5.97 Å². The van der Waals surface area contributed by atoms with Gasteiger partial charge in [-0.3, -0.25) is 10.1 Å². The van der Waals surface area contributed by atoms with Crippen molar-refractivity contribution in [3.8, 4) is 0 Å². The molecule has 1 aromatic rings. The van der Waals surface area contributed by atoms with Crippen LogP contribution in [0.5, 0.6) is 0 Å². The van der Waals surface area contributed by atoms with E-state index in [1.807, 2.05) is 11.0 Å². The van der Waals surface area contributed by atoms with Gasteiger partial charge in [0.05, 0.1) is 17.6 Å². The highest BCUT2D eigenvalue weighted by molar-refractivity contribution is 5.81. The van der Waals surface area contributed by atoms with Crippen LogP contribution in [0.25, 0.3) is 0 Å². The van der Waals surface area contributed by atoms with Crippen LogP contribution in [0, 0.1) is 17.0 Å². The molecule has 0 spiro atoms. The van der Waals surface area contributed by atoms with Crippen molar-refractivity contribution in [3.05, 3.63) is 33.9 Å². The van der Waals surface area contributed by atoms with E-state index in [1.54, 1.807) is 13.0 Å². The van der Waals surface area contributed by atoms with E-state index in [9.17, 15) is 14.9 Å². The molecular formula is C13H16N2O4. The Bertz CT molecular complexity index is 515. The van der Waals surface area contributed by atoms with Gasteiger partial charge in [-0.1, -0.05) is 6.07 Å². The summed E-state index contributed by atoms with van der Waals surface area (Å²) in [6, 6.07) is 4.59. The Kier molecular flexibility index (Phi) is 3.69. The maximum absolute atomic E-state index is 11.7. The van der Waals surface area contributed by atoms with Gasteiger partial charge in [0, 0.05) is 18.3 Å². The van der Waals surface area contributed by atoms with Crippen molar-refractivity contribution in [1.29, 1.82) is 0 Å². The van der Waals surface area contributed by atoms with Gasteiger partial charge < -0.3 is 9.64 Å². The Labute approximate surface area is 111 Å². The highest BCUT2D eigenvalue weighted by Crippen LogP contribution is 2.33. The fraction of sp³-hybridized carbons (Fsp3) is 0.462. The average Bonchev–Trinajstić information content (AvgIpc) is 2.86. The first-order valence-corrected chi connectivity index (χ1v) is 6.14. The zero-order valence-electron chi connectivity index (χ0n) is 11.0. The molecule has 1 heterocycles. The van der Waals surface area contributed by atoms with E-state index >= 15 is 0 Å². The fourth-order valence-electron chi connectivity index (χ4n) is 2.56. The van der Waals surface area contributed by atoms with Gasteiger partial charge in [0.2, 0.25) is 0 Å². The van der Waals surface area contributed by atoms with Gasteiger partial charge in [0.15, 0.2) is 0 Å². The number of nitro benzene ring substituents is 1. The maximum Gasteiger partial charge on any atom is 0.328 e. The van der Waals surface area contributed by atoms with E-state index in [0.717, 1.165) is 18.5 Å². The molecular weight excluding hydrogens is 248 g/mol. The molecule has 2 rings (SSSR count). The molecule has 1 saturated heterocycles. The third-order valence-electron chi connectivity index (χ3n) is 3.51. The molecule has 19 heavy (non-hydrogen) atoms. The molecule has 1 aliphatic rings. The lowest BCUT2D eigenvalue weighted by Gasteiger charge is -2.26. The van der Waals surface area contributed by atoms with E-state index in [2.05, 4.69) is 0 Å². The minimum atomic E-state index is -0.401. The second-order valence-electron chi connectivity index (χ2n) is 4.55. The van der Waals surface area contributed by atoms with E-state index in [1.165, 1.54) is 13.2 Å². The number of methoxy groups -OCH3 is 1. The van der Waals surface area contributed by atoms with E-state index < -0.39 is 4.92 Å². The Balaban J connectivity index is 2.38. The zero-order valence-corrected chi connectivity index (χ0v) is 11.0. The highest BCUT2D eigenvalue weighted by Gasteiger charge is 2.33. The van der Waals surface area contributed by atoms with Crippen molar-refractivity contribution in [2.24, 2.45) is 0 Å². The average molecular weight is 264 g/mol. The molecule has 1 aliphatic heterocycles. The van der Waals surface area contributed by atoms with Crippen LogP contribution in [0.2, 0.25) is 0 Å². The Morgan fingerprint density at radius 2 is 2.26 bits per heavy atom. The van der Waals surface area contributed by atoms with Crippen LogP contribution in [0.4, 0.5) is 11.4 Å². The molecule has 6 nitrogen and oxygen atoms in total. The summed E-state index contributed by atoms with van der Waals surface area (Å²) < 4.78 is 4.79. The predicted octanol–water partition coefficient (Wildman–Crippen LogP) is 2.05. The van der Waals surface area contributed by atoms with Crippen molar-refractivity contribution in [3.63, 3.8) is 0 Å². The van der Waals surface area contributed by atoms with Crippen molar-refractivity contribution in [1.82, 2.24) is 0 Å². The highest BCUT2D eigenvalue weighted by atomic mass is 16.6. The topological polar surface area (TPSA) is 72.7 Å². The smallest absolute Gasteiger partial charge is 0.328 e. The maximum atomic E-state index is 11.7. The van der Waals surface area contributed by atoms with Crippen LogP contribution in [-0.2, 0) is 9.53 Å². The molecule has 0 radical (unpaired) electrons. The van der Waals surface area contributed by atoms with E-state index in [0.29, 0.717) is 12.1 Å². The van der Waals surface area contributed by atoms with Gasteiger partial charge in [-0.2, -0.15) is 0 Å². The standard InChI is InChI=1S/C13H16N2O4/c1-9-10(5-3-6-11(9)15(17)18)14-8-4-7-12(14)13(16)19-2/h3,5-6,12H,4,7-8H2,1-2H3. The third kappa shape index (κ3) is 2.38. The minimum Gasteiger partial charge on any atom is -0.467 e. The van der Waals surface area contributed by atoms with E-state index in [4.69, 9.17) is 4.74 Å². The number of nitro groups is 1. The number of anilines is 1. The first kappa shape index (κ1) is 13.3. The molecule has 1 unspecified atom stereocenters. The lowest BCUT2D eigenvalue weighted by Crippen LogP contribution is -2.37. The lowest BCUT2D eigenvalue weighted by molar-refractivity contribution is -0.385.